The van der Waals surface area contributed by atoms with Crippen LogP contribution in [-0.4, -0.2) is 84.1 Å². The highest BCUT2D eigenvalue weighted by Gasteiger charge is 2.40. The lowest BCUT2D eigenvalue weighted by Gasteiger charge is -2.37. The van der Waals surface area contributed by atoms with E-state index in [-0.39, 0.29) is 28.6 Å². The summed E-state index contributed by atoms with van der Waals surface area (Å²) in [6, 6.07) is 9.55. The van der Waals surface area contributed by atoms with Crippen molar-refractivity contribution in [2.45, 2.75) is 81.9 Å². The minimum absolute atomic E-state index is 0.0351. The number of fused-ring (bicyclic) bond motifs is 2. The van der Waals surface area contributed by atoms with E-state index in [1.165, 1.54) is 17.0 Å². The van der Waals surface area contributed by atoms with E-state index in [4.69, 9.17) is 16.0 Å². The van der Waals surface area contributed by atoms with Crippen molar-refractivity contribution < 1.29 is 27.5 Å². The van der Waals surface area contributed by atoms with Crippen LogP contribution in [0.4, 0.5) is 4.79 Å². The lowest BCUT2D eigenvalue weighted by Crippen LogP contribution is -2.50. The van der Waals surface area contributed by atoms with E-state index in [0.717, 1.165) is 11.1 Å². The van der Waals surface area contributed by atoms with Crippen LogP contribution < -0.4 is 0 Å². The third kappa shape index (κ3) is 6.39. The number of rotatable bonds is 8. The standard InChI is InChI=1S/C30H39ClN4O6SSi/c1-30(2,3)43(4,5)41-18-27-32-16-24-17-34(29(38)35(24)27)23-10-12-33(13-11-23)28(37)26(36)19-42(39,40)25-9-7-20-14-22(31)8-6-21(20)15-25/h6-9,14-16,23,26,36H,10-13,17-19H2,1-5H3/t26-/m1/s1. The average Bonchev–Trinajstić information content (AvgIpc) is 3.50. The lowest BCUT2D eigenvalue weighted by molar-refractivity contribution is -0.140. The number of hydrogen-bond acceptors (Lipinski definition) is 7. The zero-order valence-electron chi connectivity index (χ0n) is 25.2. The van der Waals surface area contributed by atoms with Gasteiger partial charge in [-0.3, -0.25) is 4.79 Å². The Kier molecular flexibility index (Phi) is 8.55. The van der Waals surface area contributed by atoms with Crippen LogP contribution in [0.3, 0.4) is 0 Å². The number of aromatic nitrogens is 2. The molecule has 0 bridgehead atoms. The van der Waals surface area contributed by atoms with Crippen molar-refractivity contribution in [3.05, 3.63) is 59.1 Å². The van der Waals surface area contributed by atoms with E-state index in [2.05, 4.69) is 38.8 Å². The number of nitrogens with zero attached hydrogens (tertiary/aromatic N) is 4. The average molecular weight is 647 g/mol. The number of aliphatic hydroxyl groups excluding tert-OH is 1. The Morgan fingerprint density at radius 3 is 2.47 bits per heavy atom. The molecule has 1 aromatic heterocycles. The van der Waals surface area contributed by atoms with Gasteiger partial charge in [0, 0.05) is 24.2 Å². The number of piperidine rings is 1. The smallest absolute Gasteiger partial charge is 0.330 e. The third-order valence-corrected chi connectivity index (χ3v) is 15.5. The molecule has 1 saturated heterocycles. The van der Waals surface area contributed by atoms with Gasteiger partial charge in [-0.05, 0) is 66.0 Å². The van der Waals surface area contributed by atoms with Gasteiger partial charge in [0.1, 0.15) is 11.9 Å². The molecule has 5 rings (SSSR count). The largest absolute Gasteiger partial charge is 0.409 e. The Bertz CT molecular complexity index is 1660. The van der Waals surface area contributed by atoms with Gasteiger partial charge in [0.15, 0.2) is 18.2 Å². The molecule has 2 aromatic carbocycles. The summed E-state index contributed by atoms with van der Waals surface area (Å²) in [7, 11) is -5.95. The fraction of sp³-hybridized carbons (Fsp3) is 0.500. The van der Waals surface area contributed by atoms with Gasteiger partial charge >= 0.3 is 6.03 Å². The lowest BCUT2D eigenvalue weighted by atomic mass is 10.0. The van der Waals surface area contributed by atoms with Crippen LogP contribution in [0.5, 0.6) is 0 Å². The fourth-order valence-electron chi connectivity index (χ4n) is 5.37. The molecule has 0 radical (unpaired) electrons. The first-order valence-electron chi connectivity index (χ1n) is 14.5. The summed E-state index contributed by atoms with van der Waals surface area (Å²) in [5, 5.41) is 12.7. The van der Waals surface area contributed by atoms with Crippen molar-refractivity contribution in [1.29, 1.82) is 0 Å². The predicted molar refractivity (Wildman–Crippen MR) is 167 cm³/mol. The monoisotopic (exact) mass is 646 g/mol. The van der Waals surface area contributed by atoms with Crippen LogP contribution >= 0.6 is 11.6 Å². The highest BCUT2D eigenvalue weighted by atomic mass is 35.5. The molecule has 13 heteroatoms. The molecule has 1 atom stereocenters. The normalized spacial score (nSPS) is 17.5. The number of imidazole rings is 1. The van der Waals surface area contributed by atoms with Gasteiger partial charge in [-0.1, -0.05) is 44.5 Å². The number of benzene rings is 2. The second kappa shape index (κ2) is 11.6. The van der Waals surface area contributed by atoms with E-state index in [9.17, 15) is 23.1 Å². The second-order valence-electron chi connectivity index (χ2n) is 13.0. The molecule has 2 aliphatic heterocycles. The number of aliphatic hydroxyl groups is 1. The van der Waals surface area contributed by atoms with E-state index in [1.807, 2.05) is 4.90 Å². The molecule has 10 nitrogen and oxygen atoms in total. The summed E-state index contributed by atoms with van der Waals surface area (Å²) in [4.78, 5) is 34.3. The minimum atomic E-state index is -3.93. The Labute approximate surface area is 258 Å². The van der Waals surface area contributed by atoms with Crippen LogP contribution in [0.25, 0.3) is 10.8 Å². The molecular formula is C30H39ClN4O6SSi. The maximum absolute atomic E-state index is 13.4. The molecule has 3 aromatic rings. The molecule has 1 N–H and O–H groups in total. The van der Waals surface area contributed by atoms with Gasteiger partial charge < -0.3 is 19.3 Å². The number of halogens is 1. The fourth-order valence-corrected chi connectivity index (χ4v) is 7.80. The van der Waals surface area contributed by atoms with Gasteiger partial charge in [0.25, 0.3) is 5.91 Å². The number of carbonyl (C=O) groups is 2. The zero-order valence-corrected chi connectivity index (χ0v) is 27.8. The summed E-state index contributed by atoms with van der Waals surface area (Å²) in [5.41, 5.74) is 0.815. The second-order valence-corrected chi connectivity index (χ2v) is 20.2. The maximum Gasteiger partial charge on any atom is 0.330 e. The molecule has 0 aliphatic carbocycles. The molecule has 43 heavy (non-hydrogen) atoms. The summed E-state index contributed by atoms with van der Waals surface area (Å²) in [6.07, 6.45) is 1.09. The van der Waals surface area contributed by atoms with Crippen LogP contribution in [0, 0.1) is 0 Å². The summed E-state index contributed by atoms with van der Waals surface area (Å²) in [5.74, 6) is -0.736. The molecule has 1 fully saturated rings. The molecule has 0 unspecified atom stereocenters. The molecule has 0 saturated carbocycles. The van der Waals surface area contributed by atoms with Gasteiger partial charge in [-0.15, -0.1) is 0 Å². The maximum atomic E-state index is 13.4. The van der Waals surface area contributed by atoms with Gasteiger partial charge in [0.05, 0.1) is 35.7 Å². The molecule has 2 aliphatic rings. The minimum Gasteiger partial charge on any atom is -0.409 e. The van der Waals surface area contributed by atoms with Crippen LogP contribution in [0.2, 0.25) is 23.2 Å². The van der Waals surface area contributed by atoms with Crippen LogP contribution in [0.15, 0.2) is 47.5 Å². The SMILES string of the molecule is CC(C)(C)[Si](C)(C)OCc1ncc2n1C(=O)N(C1CCN(C(=O)[C@H](O)CS(=O)(=O)c3ccc4cc(Cl)ccc4c3)CC1)C2. The Morgan fingerprint density at radius 2 is 1.79 bits per heavy atom. The molecule has 3 heterocycles. The number of sulfone groups is 1. The van der Waals surface area contributed by atoms with Gasteiger partial charge in [-0.25, -0.2) is 22.8 Å². The zero-order chi connectivity index (χ0) is 31.3. The number of hydrogen-bond donors (Lipinski definition) is 1. The molecular weight excluding hydrogens is 608 g/mol. The van der Waals surface area contributed by atoms with E-state index in [0.29, 0.717) is 48.7 Å². The van der Waals surface area contributed by atoms with Gasteiger partial charge in [-0.2, -0.15) is 0 Å². The highest BCUT2D eigenvalue weighted by molar-refractivity contribution is 7.91. The molecule has 0 spiro atoms. The van der Waals surface area contributed by atoms with Crippen molar-refractivity contribution in [2.75, 3.05) is 18.8 Å². The first-order valence-corrected chi connectivity index (χ1v) is 19.4. The van der Waals surface area contributed by atoms with Crippen molar-refractivity contribution in [3.63, 3.8) is 0 Å². The number of amides is 2. The first-order chi connectivity index (χ1) is 20.1. The Hall–Kier alpha value is -2.77. The first kappa shape index (κ1) is 31.6. The molecule has 232 valence electrons. The van der Waals surface area contributed by atoms with Crippen molar-refractivity contribution in [3.8, 4) is 0 Å². The van der Waals surface area contributed by atoms with Gasteiger partial charge in [0.2, 0.25) is 0 Å². The highest BCUT2D eigenvalue weighted by Crippen LogP contribution is 2.37. The van der Waals surface area contributed by atoms with Crippen molar-refractivity contribution in [2.24, 2.45) is 0 Å². The molecule has 2 amide bonds. The topological polar surface area (TPSA) is 122 Å². The van der Waals surface area contributed by atoms with Crippen LogP contribution in [0.1, 0.15) is 45.1 Å². The Morgan fingerprint density at radius 1 is 1.14 bits per heavy atom. The summed E-state index contributed by atoms with van der Waals surface area (Å²) in [6.45, 7) is 12.2. The Balaban J connectivity index is 1.17. The van der Waals surface area contributed by atoms with Crippen molar-refractivity contribution in [1.82, 2.24) is 19.4 Å². The van der Waals surface area contributed by atoms with E-state index in [1.54, 1.807) is 35.0 Å². The van der Waals surface area contributed by atoms with Crippen LogP contribution in [-0.2, 0) is 32.2 Å². The summed E-state index contributed by atoms with van der Waals surface area (Å²) >= 11 is 6.02. The predicted octanol–water partition coefficient (Wildman–Crippen LogP) is 4.82. The quantitative estimate of drug-likeness (QED) is 0.348. The number of carbonyl (C=O) groups excluding carboxylic acids is 2. The number of likely N-dealkylation sites (tertiary alicyclic amines) is 1. The van der Waals surface area contributed by atoms with E-state index < -0.39 is 35.9 Å². The third-order valence-electron chi connectivity index (χ3n) is 9.06. The van der Waals surface area contributed by atoms with E-state index >= 15 is 0 Å². The van der Waals surface area contributed by atoms with Crippen molar-refractivity contribution >= 4 is 52.5 Å². The summed E-state index contributed by atoms with van der Waals surface area (Å²) < 4.78 is 34.0.